The van der Waals surface area contributed by atoms with E-state index in [0.717, 1.165) is 25.2 Å². The van der Waals surface area contributed by atoms with Crippen molar-refractivity contribution in [2.75, 3.05) is 56.2 Å². The maximum atomic E-state index is 11.1. The average molecular weight is 1790 g/mol. The van der Waals surface area contributed by atoms with E-state index in [1.807, 2.05) is 25.1 Å². The Morgan fingerprint density at radius 2 is 0.740 bits per heavy atom. The Hall–Kier alpha value is -17.2. The molecule has 0 saturated carbocycles. The van der Waals surface area contributed by atoms with Crippen molar-refractivity contribution in [1.82, 2.24) is 26.9 Å². The number of methoxy groups -OCH3 is 5. The maximum absolute atomic E-state index is 11.1. The molecular weight excluding hydrogens is 1690 g/mol. The van der Waals surface area contributed by atoms with Crippen LogP contribution < -0.4 is 58.6 Å². The van der Waals surface area contributed by atoms with Gasteiger partial charge in [0.1, 0.15) is 80.5 Å². The number of aromatic hydroxyl groups is 11. The summed E-state index contributed by atoms with van der Waals surface area (Å²) < 4.78 is 23.8. The smallest absolute Gasteiger partial charge is 0.337 e. The van der Waals surface area contributed by atoms with Gasteiger partial charge in [0.2, 0.25) is 0 Å². The lowest BCUT2D eigenvalue weighted by Crippen LogP contribution is -2.31. The number of phenols is 11. The summed E-state index contributed by atoms with van der Waals surface area (Å²) in [6, 6.07) is 54.7. The molecule has 0 bridgehead atoms. The molecule has 0 saturated heterocycles. The van der Waals surface area contributed by atoms with Crippen molar-refractivity contribution in [2.24, 2.45) is 68.8 Å². The second kappa shape index (κ2) is 62.9. The number of hydrogen-bond donors (Lipinski definition) is 23. The number of nitrogens with two attached hydrogens (primary N) is 3. The summed E-state index contributed by atoms with van der Waals surface area (Å²) in [5.74, 6) is 16.5. The van der Waals surface area contributed by atoms with Gasteiger partial charge >= 0.3 is 11.9 Å². The van der Waals surface area contributed by atoms with Crippen molar-refractivity contribution < 1.29 is 110 Å². The molecule has 10 aromatic rings. The van der Waals surface area contributed by atoms with Gasteiger partial charge in [-0.1, -0.05) is 81.3 Å². The van der Waals surface area contributed by atoms with E-state index < -0.39 is 11.9 Å². The van der Waals surface area contributed by atoms with Gasteiger partial charge in [0.05, 0.1) is 119 Å². The van der Waals surface area contributed by atoms with Gasteiger partial charge in [-0.15, -0.1) is 0 Å². The van der Waals surface area contributed by atoms with Gasteiger partial charge in [-0.05, 0) is 191 Å². The van der Waals surface area contributed by atoms with Crippen LogP contribution >= 0.6 is 24.4 Å². The largest absolute Gasteiger partial charge is 0.507 e. The Bertz CT molecular complexity index is 5170. The number of phenolic OH excluding ortho intramolecular Hbond substituents is 11. The fraction of sp³-hybridized carbons (Fsp3) is 0.129. The molecule has 127 heavy (non-hydrogen) atoms. The summed E-state index contributed by atoms with van der Waals surface area (Å²) >= 11 is 9.71. The zero-order chi connectivity index (χ0) is 95.0. The number of oxime groups is 4. The van der Waals surface area contributed by atoms with Crippen molar-refractivity contribution in [3.05, 3.63) is 273 Å². The third-order valence-electron chi connectivity index (χ3n) is 15.1. The number of para-hydroxylation sites is 4. The first-order valence-corrected chi connectivity index (χ1v) is 37.0. The number of carbonyl (C=O) groups excluding carboxylic acids is 2. The lowest BCUT2D eigenvalue weighted by atomic mass is 10.1. The molecule has 0 fully saturated rings. The van der Waals surface area contributed by atoms with Crippen LogP contribution in [0, 0.1) is 0 Å². The molecule has 0 aliphatic carbocycles. The minimum absolute atomic E-state index is 0.00635. The highest BCUT2D eigenvalue weighted by Gasteiger charge is 2.12. The van der Waals surface area contributed by atoms with Crippen molar-refractivity contribution in [3.63, 3.8) is 0 Å². The molecule has 0 unspecified atom stereocenters. The summed E-state index contributed by atoms with van der Waals surface area (Å²) in [6.45, 7) is 6.06. The van der Waals surface area contributed by atoms with Gasteiger partial charge < -0.3 is 134 Å². The molecule has 10 rings (SSSR count). The molecule has 0 atom stereocenters. The third-order valence-corrected chi connectivity index (χ3v) is 15.7. The number of thiocarbonyl (C=S) groups is 2. The third kappa shape index (κ3) is 41.6. The van der Waals surface area contributed by atoms with Crippen LogP contribution in [0.3, 0.4) is 0 Å². The number of ether oxygens (including phenoxy) is 5. The predicted molar refractivity (Wildman–Crippen MR) is 493 cm³/mol. The second-order valence-electron chi connectivity index (χ2n) is 23.5. The summed E-state index contributed by atoms with van der Waals surface area (Å²) in [4.78, 5) is 22.2. The van der Waals surface area contributed by atoms with Crippen LogP contribution in [-0.4, -0.2) is 216 Å². The van der Waals surface area contributed by atoms with Crippen LogP contribution in [0.15, 0.2) is 257 Å². The second-order valence-corrected chi connectivity index (χ2v) is 24.3. The molecule has 0 heterocycles. The molecule has 42 heteroatoms. The summed E-state index contributed by atoms with van der Waals surface area (Å²) in [7, 11) is 10.4. The van der Waals surface area contributed by atoms with E-state index in [0.29, 0.717) is 94.5 Å². The average Bonchev–Trinajstić information content (AvgIpc) is 0.862. The monoisotopic (exact) mass is 1790 g/mol. The molecule has 0 amide bonds. The van der Waals surface area contributed by atoms with E-state index in [1.54, 1.807) is 156 Å². The van der Waals surface area contributed by atoms with E-state index in [9.17, 15) is 65.8 Å². The molecule has 0 spiro atoms. The molecule has 0 aliphatic heterocycles. The van der Waals surface area contributed by atoms with E-state index in [1.165, 1.54) is 126 Å². The topological polar surface area (TPSA) is 646 Å². The maximum Gasteiger partial charge on any atom is 0.337 e. The van der Waals surface area contributed by atoms with Crippen LogP contribution in [0.4, 0.5) is 0 Å². The van der Waals surface area contributed by atoms with Gasteiger partial charge in [0.15, 0.2) is 10.2 Å². The standard InChI is InChI=1S/C10H13N3OS.C9H11N3OS.C9H10N2O3.C9H9NO4.2C8H10N2O2.C8H10N2O.2C8H9NO3.C8H9NO2/c1-2-11-10(15)13-12-7-8-5-3-4-6-9(8)14;1-10-9(14)12-11-6-7-4-2-3-5-8(7)13;1-14-9(13)6-2-3-8(12)7(4-6)5-11-10;1-14-9(12)6-2-3-8(11)7(4-6)5-10-13;1-12-7-2-3-8(11)6(4-7)5-10-9;1-9-10-5-6-7(11)3-2-4-8(6)12;1-6(10-9)7-4-2-3-5-8(7)11;1-12-7-2-3-8(10)6(4-7)5-9-11;1-12-8-4-2-3-7(10)6(8)5-9-11;1-6(9-11)7-4-2-3-5-8(7)10/h3-7,14H,2H2,1H3,(H2,11,13,15);2-6,13H,1H3,(H2,10,12,14);2-5,12H,10H2,1H3;2-5,11,13H,1H3;2-5,11H,9H2,1H3;2-5,9,11-12H,1H3;2-5,11H,9H2,1H3;2*2-5,10-11H,1H3;2-5,10-11H,1H3/b12-7+;11-6+;11-5+;3*10-5+;10-6+;2*9-5+;9-6+. The van der Waals surface area contributed by atoms with Crippen molar-refractivity contribution in [2.45, 2.75) is 20.8 Å². The summed E-state index contributed by atoms with van der Waals surface area (Å²) in [5, 5.41) is 174. The highest BCUT2D eigenvalue weighted by atomic mass is 32.1. The molecule has 40 nitrogen and oxygen atoms in total. The fourth-order valence-corrected chi connectivity index (χ4v) is 9.02. The first-order valence-electron chi connectivity index (χ1n) is 36.2. The Labute approximate surface area is 740 Å². The first kappa shape index (κ1) is 108. The normalized spacial score (nSPS) is 10.5. The molecule has 26 N–H and O–H groups in total. The number of rotatable bonds is 19. The van der Waals surface area contributed by atoms with Gasteiger partial charge in [-0.25, -0.2) is 9.59 Å². The highest BCUT2D eigenvalue weighted by molar-refractivity contribution is 7.80. The van der Waals surface area contributed by atoms with Gasteiger partial charge in [0, 0.05) is 65.1 Å². The Kier molecular flexibility index (Phi) is 53.4. The number of hydrogen-bond acceptors (Lipinski definition) is 38. The van der Waals surface area contributed by atoms with E-state index in [-0.39, 0.29) is 74.4 Å². The zero-order valence-corrected chi connectivity index (χ0v) is 71.7. The highest BCUT2D eigenvalue weighted by Crippen LogP contribution is 2.28. The summed E-state index contributed by atoms with van der Waals surface area (Å²) in [5.41, 5.74) is 14.1. The van der Waals surface area contributed by atoms with E-state index in [2.05, 4.69) is 87.6 Å². The zero-order valence-electron chi connectivity index (χ0n) is 70.0. The number of nitrogens with zero attached hydrogens (tertiary/aromatic N) is 10. The minimum atomic E-state index is -0.516. The van der Waals surface area contributed by atoms with Gasteiger partial charge in [0.25, 0.3) is 0 Å². The number of hydrazone groups is 6. The van der Waals surface area contributed by atoms with Crippen LogP contribution in [0.25, 0.3) is 0 Å². The first-order chi connectivity index (χ1) is 60.9. The Morgan fingerprint density at radius 3 is 1.11 bits per heavy atom. The molecule has 0 aliphatic rings. The molecular formula is C85H100N18O22S2. The van der Waals surface area contributed by atoms with E-state index in [4.69, 9.17) is 77.0 Å². The lowest BCUT2D eigenvalue weighted by Gasteiger charge is -2.04. The van der Waals surface area contributed by atoms with Gasteiger partial charge in [-0.3, -0.25) is 10.9 Å². The fourth-order valence-electron chi connectivity index (χ4n) is 8.77. The summed E-state index contributed by atoms with van der Waals surface area (Å²) in [6.07, 6.45) is 10.3. The van der Waals surface area contributed by atoms with E-state index >= 15 is 0 Å². The Balaban J connectivity index is 0.000000707. The van der Waals surface area contributed by atoms with Crippen molar-refractivity contribution in [3.8, 4) is 80.5 Å². The molecule has 0 aromatic heterocycles. The number of benzene rings is 10. The number of nitrogens with one attached hydrogen (secondary N) is 5. The van der Waals surface area contributed by atoms with Crippen LogP contribution in [0.5, 0.6) is 80.5 Å². The molecule has 674 valence electrons. The minimum Gasteiger partial charge on any atom is -0.507 e. The van der Waals surface area contributed by atoms with Gasteiger partial charge in [-0.2, -0.15) is 30.6 Å². The lowest BCUT2D eigenvalue weighted by molar-refractivity contribution is 0.0591. The van der Waals surface area contributed by atoms with Crippen LogP contribution in [0.1, 0.15) is 97.1 Å². The number of esters is 2. The molecule has 10 aromatic carbocycles. The van der Waals surface area contributed by atoms with Crippen molar-refractivity contribution >= 4 is 108 Å². The Morgan fingerprint density at radius 1 is 0.378 bits per heavy atom. The predicted octanol–water partition coefficient (Wildman–Crippen LogP) is 9.92. The quantitative estimate of drug-likeness (QED) is 0.00893. The van der Waals surface area contributed by atoms with Crippen LogP contribution in [0.2, 0.25) is 0 Å². The number of carbonyl (C=O) groups is 2. The van der Waals surface area contributed by atoms with Crippen molar-refractivity contribution in [1.29, 1.82) is 0 Å². The molecule has 0 radical (unpaired) electrons. The van der Waals surface area contributed by atoms with Crippen LogP contribution in [-0.2, 0) is 9.47 Å². The SMILES string of the molecule is C/C(=N\N)c1ccccc1O.C/C(=N\O)c1ccccc1O.CCNC(=S)N/N=C/c1ccccc1O.CN/N=C/c1c(O)cccc1O.CNC(=S)N/N=C/c1ccccc1O.COC(=O)c1ccc(O)c(/C=N/N)c1.COC(=O)c1ccc(O)c(/C=N/O)c1.COc1ccc(O)c(/C=N/N)c1.COc1ccc(O)c(/C=N/O)c1.COc1cccc(O)c1/C=N/O.